The first-order valence-corrected chi connectivity index (χ1v) is 12.4. The monoisotopic (exact) mass is 432 g/mol. The molecule has 0 heterocycles. The highest BCUT2D eigenvalue weighted by atomic mass is 32.2. The van der Waals surface area contributed by atoms with E-state index in [-0.39, 0.29) is 5.41 Å². The van der Waals surface area contributed by atoms with E-state index in [2.05, 4.69) is 67.5 Å². The second-order valence-corrected chi connectivity index (χ2v) is 10.9. The van der Waals surface area contributed by atoms with Crippen LogP contribution in [0.3, 0.4) is 0 Å². The quantitative estimate of drug-likeness (QED) is 0.443. The molecule has 3 aliphatic rings. The standard InChI is InChI=1S/C28H32O2S/c1-19-4-8-22(9-5-19)31-17-16-28(29)15-13-26-25-10-6-20-18-21(30-3)7-11-23(20)24(25)12-14-27(26,28)2/h4-5,7-9,11,18,24-26,29H,6,10,12-15H2,1-3H3/t24-,25-,26+,27+,28-/m1/s1. The molecule has 0 spiro atoms. The van der Waals surface area contributed by atoms with E-state index in [9.17, 15) is 5.11 Å². The summed E-state index contributed by atoms with van der Waals surface area (Å²) in [6.07, 6.45) is 6.41. The van der Waals surface area contributed by atoms with Crippen molar-refractivity contribution in [3.8, 4) is 16.9 Å². The normalized spacial score (nSPS) is 33.5. The number of aliphatic hydroxyl groups is 1. The molecule has 0 amide bonds. The van der Waals surface area contributed by atoms with Gasteiger partial charge in [0.15, 0.2) is 0 Å². The lowest BCUT2D eigenvalue weighted by Crippen LogP contribution is -2.50. The fourth-order valence-electron chi connectivity index (χ4n) is 6.68. The predicted octanol–water partition coefficient (Wildman–Crippen LogP) is 6.34. The van der Waals surface area contributed by atoms with E-state index in [4.69, 9.17) is 4.74 Å². The molecule has 162 valence electrons. The fourth-order valence-corrected chi connectivity index (χ4v) is 7.29. The highest BCUT2D eigenvalue weighted by molar-refractivity contribution is 8.03. The summed E-state index contributed by atoms with van der Waals surface area (Å²) in [5.74, 6) is 6.12. The van der Waals surface area contributed by atoms with Crippen LogP contribution in [-0.4, -0.2) is 17.8 Å². The van der Waals surface area contributed by atoms with Crippen LogP contribution in [0.2, 0.25) is 0 Å². The van der Waals surface area contributed by atoms with Crippen LogP contribution in [0.25, 0.3) is 0 Å². The zero-order valence-electron chi connectivity index (χ0n) is 18.8. The summed E-state index contributed by atoms with van der Waals surface area (Å²) in [6, 6.07) is 15.1. The van der Waals surface area contributed by atoms with Crippen LogP contribution in [0.5, 0.6) is 5.75 Å². The Hall–Kier alpha value is -1.89. The number of thioether (sulfide) groups is 1. The van der Waals surface area contributed by atoms with Crippen molar-refractivity contribution in [2.75, 3.05) is 7.11 Å². The lowest BCUT2D eigenvalue weighted by Gasteiger charge is -2.52. The third kappa shape index (κ3) is 3.49. The summed E-state index contributed by atoms with van der Waals surface area (Å²) in [5, 5.41) is 15.0. The highest BCUT2D eigenvalue weighted by Gasteiger charge is 2.61. The summed E-state index contributed by atoms with van der Waals surface area (Å²) < 4.78 is 5.45. The second-order valence-electron chi connectivity index (χ2n) is 9.98. The van der Waals surface area contributed by atoms with Gasteiger partial charge in [-0.1, -0.05) is 36.6 Å². The minimum atomic E-state index is -0.874. The van der Waals surface area contributed by atoms with Gasteiger partial charge in [-0.05, 0) is 116 Å². The Morgan fingerprint density at radius 3 is 2.65 bits per heavy atom. The van der Waals surface area contributed by atoms with Gasteiger partial charge in [0.05, 0.1) is 7.11 Å². The van der Waals surface area contributed by atoms with Crippen LogP contribution >= 0.6 is 11.8 Å². The van der Waals surface area contributed by atoms with Crippen molar-refractivity contribution in [3.05, 3.63) is 59.2 Å². The molecule has 2 nitrogen and oxygen atoms in total. The molecule has 1 N–H and O–H groups in total. The molecule has 2 aromatic rings. The first-order chi connectivity index (χ1) is 14.9. The maximum Gasteiger partial charge on any atom is 0.132 e. The number of benzene rings is 2. The first kappa shape index (κ1) is 21.0. The van der Waals surface area contributed by atoms with Crippen molar-refractivity contribution in [2.45, 2.75) is 68.8 Å². The molecular weight excluding hydrogens is 400 g/mol. The molecule has 3 aliphatic carbocycles. The van der Waals surface area contributed by atoms with Gasteiger partial charge < -0.3 is 9.84 Å². The van der Waals surface area contributed by atoms with E-state index < -0.39 is 5.60 Å². The molecule has 0 unspecified atom stereocenters. The van der Waals surface area contributed by atoms with Gasteiger partial charge in [0.2, 0.25) is 0 Å². The lowest BCUT2D eigenvalue weighted by molar-refractivity contribution is -0.0647. The van der Waals surface area contributed by atoms with Crippen LogP contribution in [0.15, 0.2) is 47.4 Å². The number of rotatable bonds is 2. The molecular formula is C28H32O2S. The van der Waals surface area contributed by atoms with Gasteiger partial charge in [-0.25, -0.2) is 0 Å². The molecule has 2 fully saturated rings. The van der Waals surface area contributed by atoms with Crippen LogP contribution in [0.1, 0.15) is 61.6 Å². The van der Waals surface area contributed by atoms with Gasteiger partial charge >= 0.3 is 0 Å². The van der Waals surface area contributed by atoms with Crippen molar-refractivity contribution < 1.29 is 9.84 Å². The smallest absolute Gasteiger partial charge is 0.132 e. The zero-order chi connectivity index (χ0) is 21.6. The summed E-state index contributed by atoms with van der Waals surface area (Å²) in [6.45, 7) is 4.41. The van der Waals surface area contributed by atoms with E-state index in [1.807, 2.05) is 0 Å². The Balaban J connectivity index is 1.37. The van der Waals surface area contributed by atoms with Gasteiger partial charge in [-0.2, -0.15) is 0 Å². The average molecular weight is 433 g/mol. The largest absolute Gasteiger partial charge is 0.497 e. The number of fused-ring (bicyclic) bond motifs is 5. The second kappa shape index (κ2) is 7.91. The van der Waals surface area contributed by atoms with Crippen molar-refractivity contribution >= 4 is 11.8 Å². The molecule has 2 aromatic carbocycles. The SMILES string of the molecule is COc1ccc2c(c1)CC[C@@H]1[C@@H]2CC[C@@]2(C)[C@H]1CC[C@@]2(O)C#CSc1ccc(C)cc1. The minimum absolute atomic E-state index is 0.112. The Bertz CT molecular complexity index is 1030. The number of hydrogen-bond donors (Lipinski definition) is 1. The molecule has 5 rings (SSSR count). The highest BCUT2D eigenvalue weighted by Crippen LogP contribution is 2.64. The lowest BCUT2D eigenvalue weighted by atomic mass is 9.53. The zero-order valence-corrected chi connectivity index (χ0v) is 19.6. The number of methoxy groups -OCH3 is 1. The number of hydrogen-bond acceptors (Lipinski definition) is 3. The Morgan fingerprint density at radius 1 is 1.06 bits per heavy atom. The van der Waals surface area contributed by atoms with Crippen molar-refractivity contribution in [2.24, 2.45) is 17.3 Å². The predicted molar refractivity (Wildman–Crippen MR) is 127 cm³/mol. The number of ether oxygens (including phenoxy) is 1. The third-order valence-electron chi connectivity index (χ3n) is 8.53. The number of aryl methyl sites for hydroxylation is 2. The van der Waals surface area contributed by atoms with Crippen LogP contribution < -0.4 is 4.74 Å². The van der Waals surface area contributed by atoms with Crippen LogP contribution in [0, 0.1) is 35.3 Å². The topological polar surface area (TPSA) is 29.5 Å². The maximum absolute atomic E-state index is 11.7. The van der Waals surface area contributed by atoms with Crippen molar-refractivity contribution in [3.63, 3.8) is 0 Å². The van der Waals surface area contributed by atoms with Crippen LogP contribution in [-0.2, 0) is 6.42 Å². The van der Waals surface area contributed by atoms with E-state index in [1.165, 1.54) is 34.9 Å². The van der Waals surface area contributed by atoms with Gasteiger partial charge in [-0.3, -0.25) is 0 Å². The molecule has 0 bridgehead atoms. The molecule has 0 radical (unpaired) electrons. The summed E-state index contributed by atoms with van der Waals surface area (Å²) in [4.78, 5) is 1.14. The van der Waals surface area contributed by atoms with E-state index in [0.717, 1.165) is 42.7 Å². The average Bonchev–Trinajstić information content (AvgIpc) is 3.05. The van der Waals surface area contributed by atoms with E-state index in [1.54, 1.807) is 7.11 Å². The Labute approximate surface area is 190 Å². The maximum atomic E-state index is 11.7. The molecule has 0 aliphatic heterocycles. The van der Waals surface area contributed by atoms with Gasteiger partial charge in [-0.15, -0.1) is 0 Å². The van der Waals surface area contributed by atoms with Crippen molar-refractivity contribution in [1.82, 2.24) is 0 Å². The van der Waals surface area contributed by atoms with Gasteiger partial charge in [0.1, 0.15) is 11.4 Å². The Kier molecular flexibility index (Phi) is 5.35. The summed E-state index contributed by atoms with van der Waals surface area (Å²) in [7, 11) is 1.75. The molecule has 31 heavy (non-hydrogen) atoms. The Morgan fingerprint density at radius 2 is 1.87 bits per heavy atom. The minimum Gasteiger partial charge on any atom is -0.497 e. The van der Waals surface area contributed by atoms with E-state index >= 15 is 0 Å². The molecule has 2 saturated carbocycles. The molecule has 5 atom stereocenters. The van der Waals surface area contributed by atoms with Gasteiger partial charge in [0.25, 0.3) is 0 Å². The van der Waals surface area contributed by atoms with E-state index in [0.29, 0.717) is 17.8 Å². The molecule has 3 heteroatoms. The summed E-state index contributed by atoms with van der Waals surface area (Å²) >= 11 is 1.54. The fraction of sp³-hybridized carbons (Fsp3) is 0.500. The van der Waals surface area contributed by atoms with Gasteiger partial charge in [0, 0.05) is 10.3 Å². The summed E-state index contributed by atoms with van der Waals surface area (Å²) in [5.41, 5.74) is 3.26. The molecule has 0 saturated heterocycles. The molecule has 0 aromatic heterocycles. The first-order valence-electron chi connectivity index (χ1n) is 11.6. The van der Waals surface area contributed by atoms with Crippen LogP contribution in [0.4, 0.5) is 0 Å². The third-order valence-corrected chi connectivity index (χ3v) is 9.24. The van der Waals surface area contributed by atoms with Crippen molar-refractivity contribution in [1.29, 1.82) is 0 Å².